The second-order valence-electron chi connectivity index (χ2n) is 4.22. The highest BCUT2D eigenvalue weighted by Crippen LogP contribution is 2.24. The lowest BCUT2D eigenvalue weighted by Crippen LogP contribution is -2.47. The molecule has 2 aromatic rings. The Balaban J connectivity index is 2.34. The molecule has 1 N–H and O–H groups in total. The Bertz CT molecular complexity index is 664. The van der Waals surface area contributed by atoms with Crippen LogP contribution in [0.2, 0.25) is 5.28 Å². The van der Waals surface area contributed by atoms with Crippen molar-refractivity contribution in [1.82, 2.24) is 14.9 Å². The molecule has 1 fully saturated rings. The molecule has 0 unspecified atom stereocenters. The van der Waals surface area contributed by atoms with Gasteiger partial charge in [-0.1, -0.05) is 6.07 Å². The number of methoxy groups -OCH3 is 1. The van der Waals surface area contributed by atoms with Gasteiger partial charge in [0, 0.05) is 13.1 Å². The molecule has 2 heterocycles. The van der Waals surface area contributed by atoms with E-state index in [-0.39, 0.29) is 16.9 Å². The Hall–Kier alpha value is -1.59. The third-order valence-corrected chi connectivity index (χ3v) is 3.46. The van der Waals surface area contributed by atoms with Crippen LogP contribution in [-0.4, -0.2) is 29.8 Å². The molecule has 0 amide bonds. The van der Waals surface area contributed by atoms with Gasteiger partial charge in [0.25, 0.3) is 5.56 Å². The summed E-state index contributed by atoms with van der Waals surface area (Å²) in [4.78, 5) is 16.8. The zero-order valence-corrected chi connectivity index (χ0v) is 10.6. The summed E-state index contributed by atoms with van der Waals surface area (Å²) in [7, 11) is 1.54. The van der Waals surface area contributed by atoms with Gasteiger partial charge in [0.15, 0.2) is 0 Å². The van der Waals surface area contributed by atoms with E-state index in [4.69, 9.17) is 16.3 Å². The highest BCUT2D eigenvalue weighted by molar-refractivity contribution is 6.28. The molecular formula is C12H12ClN3O2. The van der Waals surface area contributed by atoms with Crippen molar-refractivity contribution >= 4 is 22.5 Å². The summed E-state index contributed by atoms with van der Waals surface area (Å²) in [6, 6.07) is 5.38. The van der Waals surface area contributed by atoms with Gasteiger partial charge in [0.2, 0.25) is 5.28 Å². The summed E-state index contributed by atoms with van der Waals surface area (Å²) in [5.41, 5.74) is 0.418. The normalized spacial score (nSPS) is 15.7. The number of halogens is 1. The topological polar surface area (TPSA) is 56.1 Å². The van der Waals surface area contributed by atoms with E-state index in [0.717, 1.165) is 13.1 Å². The summed E-state index contributed by atoms with van der Waals surface area (Å²) >= 11 is 6.09. The van der Waals surface area contributed by atoms with Crippen LogP contribution in [0.5, 0.6) is 5.75 Å². The molecule has 3 rings (SSSR count). The summed E-state index contributed by atoms with van der Waals surface area (Å²) in [5, 5.41) is 3.83. The maximum absolute atomic E-state index is 12.5. The molecule has 0 aliphatic carbocycles. The molecule has 0 atom stereocenters. The molecule has 0 radical (unpaired) electrons. The fourth-order valence-electron chi connectivity index (χ4n) is 2.13. The number of ether oxygens (including phenoxy) is 1. The van der Waals surface area contributed by atoms with Crippen LogP contribution in [0.3, 0.4) is 0 Å². The molecule has 1 saturated heterocycles. The monoisotopic (exact) mass is 265 g/mol. The fourth-order valence-corrected chi connectivity index (χ4v) is 2.43. The fraction of sp³-hybridized carbons (Fsp3) is 0.333. The lowest BCUT2D eigenvalue weighted by atomic mass is 10.1. The van der Waals surface area contributed by atoms with E-state index in [0.29, 0.717) is 16.7 Å². The summed E-state index contributed by atoms with van der Waals surface area (Å²) in [6.45, 7) is 1.48. The van der Waals surface area contributed by atoms with E-state index < -0.39 is 0 Å². The van der Waals surface area contributed by atoms with Gasteiger partial charge in [-0.3, -0.25) is 9.36 Å². The number of fused-ring (bicyclic) bond motifs is 1. The Morgan fingerprint density at radius 3 is 2.89 bits per heavy atom. The van der Waals surface area contributed by atoms with Crippen molar-refractivity contribution in [2.45, 2.75) is 6.04 Å². The lowest BCUT2D eigenvalue weighted by Gasteiger charge is -2.29. The van der Waals surface area contributed by atoms with Crippen LogP contribution in [0.1, 0.15) is 6.04 Å². The summed E-state index contributed by atoms with van der Waals surface area (Å²) < 4.78 is 6.75. The molecule has 0 bridgehead atoms. The van der Waals surface area contributed by atoms with Crippen molar-refractivity contribution in [2.75, 3.05) is 20.2 Å². The van der Waals surface area contributed by atoms with Crippen LogP contribution in [-0.2, 0) is 0 Å². The quantitative estimate of drug-likeness (QED) is 0.829. The van der Waals surface area contributed by atoms with Gasteiger partial charge in [0.1, 0.15) is 11.1 Å². The first-order chi connectivity index (χ1) is 8.72. The first-order valence-electron chi connectivity index (χ1n) is 5.68. The predicted molar refractivity (Wildman–Crippen MR) is 69.5 cm³/mol. The zero-order chi connectivity index (χ0) is 12.7. The van der Waals surface area contributed by atoms with Crippen LogP contribution in [0.4, 0.5) is 0 Å². The predicted octanol–water partition coefficient (Wildman–Crippen LogP) is 1.20. The van der Waals surface area contributed by atoms with Gasteiger partial charge in [-0.15, -0.1) is 0 Å². The second-order valence-corrected chi connectivity index (χ2v) is 4.56. The summed E-state index contributed by atoms with van der Waals surface area (Å²) in [6.07, 6.45) is 0. The molecular weight excluding hydrogens is 254 g/mol. The largest absolute Gasteiger partial charge is 0.496 e. The number of nitrogens with zero attached hydrogens (tertiary/aromatic N) is 2. The molecule has 94 valence electrons. The Morgan fingerprint density at radius 2 is 2.28 bits per heavy atom. The number of benzene rings is 1. The molecule has 1 aliphatic rings. The molecule has 1 aromatic heterocycles. The van der Waals surface area contributed by atoms with Gasteiger partial charge in [-0.2, -0.15) is 0 Å². The minimum Gasteiger partial charge on any atom is -0.496 e. The van der Waals surface area contributed by atoms with Gasteiger partial charge < -0.3 is 10.1 Å². The Morgan fingerprint density at radius 1 is 1.50 bits per heavy atom. The molecule has 6 heteroatoms. The standard InChI is InChI=1S/C12H12ClN3O2/c1-18-9-4-2-3-8-10(9)11(17)16(12(13)15-8)7-5-14-6-7/h2-4,7,14H,5-6H2,1H3. The van der Waals surface area contributed by atoms with E-state index in [1.54, 1.807) is 18.2 Å². The van der Waals surface area contributed by atoms with E-state index >= 15 is 0 Å². The maximum Gasteiger partial charge on any atom is 0.266 e. The molecule has 0 saturated carbocycles. The average molecular weight is 266 g/mol. The first kappa shape index (κ1) is 11.5. The van der Waals surface area contributed by atoms with Gasteiger partial charge in [-0.25, -0.2) is 4.98 Å². The van der Waals surface area contributed by atoms with E-state index in [1.165, 1.54) is 11.7 Å². The molecule has 1 aromatic carbocycles. The third kappa shape index (κ3) is 1.59. The van der Waals surface area contributed by atoms with Gasteiger partial charge in [-0.05, 0) is 23.7 Å². The van der Waals surface area contributed by atoms with Crippen molar-refractivity contribution in [3.8, 4) is 5.75 Å². The average Bonchev–Trinajstić information content (AvgIpc) is 2.31. The van der Waals surface area contributed by atoms with Crippen molar-refractivity contribution in [2.24, 2.45) is 0 Å². The number of nitrogens with one attached hydrogen (secondary N) is 1. The summed E-state index contributed by atoms with van der Waals surface area (Å²) in [5.74, 6) is 0.530. The van der Waals surface area contributed by atoms with E-state index in [2.05, 4.69) is 10.3 Å². The molecule has 1 aliphatic heterocycles. The van der Waals surface area contributed by atoms with Crippen molar-refractivity contribution in [1.29, 1.82) is 0 Å². The lowest BCUT2D eigenvalue weighted by molar-refractivity contribution is 0.334. The zero-order valence-electron chi connectivity index (χ0n) is 9.81. The smallest absolute Gasteiger partial charge is 0.266 e. The second kappa shape index (κ2) is 4.26. The number of aromatic nitrogens is 2. The van der Waals surface area contributed by atoms with E-state index in [1.807, 2.05) is 0 Å². The van der Waals surface area contributed by atoms with Crippen LogP contribution in [0.15, 0.2) is 23.0 Å². The molecule has 5 nitrogen and oxygen atoms in total. The van der Waals surface area contributed by atoms with Crippen LogP contribution >= 0.6 is 11.6 Å². The molecule has 0 spiro atoms. The van der Waals surface area contributed by atoms with Crippen LogP contribution in [0, 0.1) is 0 Å². The van der Waals surface area contributed by atoms with Crippen molar-refractivity contribution in [3.05, 3.63) is 33.8 Å². The van der Waals surface area contributed by atoms with Crippen LogP contribution < -0.4 is 15.6 Å². The minimum atomic E-state index is -0.144. The highest BCUT2D eigenvalue weighted by atomic mass is 35.5. The van der Waals surface area contributed by atoms with Crippen LogP contribution in [0.25, 0.3) is 10.9 Å². The number of hydrogen-bond donors (Lipinski definition) is 1. The number of rotatable bonds is 2. The first-order valence-corrected chi connectivity index (χ1v) is 6.05. The third-order valence-electron chi connectivity index (χ3n) is 3.19. The van der Waals surface area contributed by atoms with Gasteiger partial charge in [0.05, 0.1) is 18.7 Å². The Labute approximate surface area is 108 Å². The Kier molecular flexibility index (Phi) is 2.72. The maximum atomic E-state index is 12.5. The van der Waals surface area contributed by atoms with Gasteiger partial charge >= 0.3 is 0 Å². The van der Waals surface area contributed by atoms with E-state index in [9.17, 15) is 4.79 Å². The minimum absolute atomic E-state index is 0.0758. The van der Waals surface area contributed by atoms with Crippen molar-refractivity contribution in [3.63, 3.8) is 0 Å². The van der Waals surface area contributed by atoms with Crippen molar-refractivity contribution < 1.29 is 4.74 Å². The molecule has 18 heavy (non-hydrogen) atoms. The number of hydrogen-bond acceptors (Lipinski definition) is 4. The SMILES string of the molecule is COc1cccc2nc(Cl)n(C3CNC3)c(=O)c12. The highest BCUT2D eigenvalue weighted by Gasteiger charge is 2.24.